The maximum atomic E-state index is 12.3. The first kappa shape index (κ1) is 11.0. The summed E-state index contributed by atoms with van der Waals surface area (Å²) in [6, 6.07) is 0. The van der Waals surface area contributed by atoms with Crippen molar-refractivity contribution in [2.75, 3.05) is 14.1 Å². The van der Waals surface area contributed by atoms with Crippen LogP contribution in [-0.2, 0) is 6.18 Å². The van der Waals surface area contributed by atoms with Crippen molar-refractivity contribution in [1.29, 1.82) is 0 Å². The molecular formula is C7H7F3N2OS. The zero-order valence-electron chi connectivity index (χ0n) is 7.42. The Kier molecular flexibility index (Phi) is 2.79. The second kappa shape index (κ2) is 3.56. The highest BCUT2D eigenvalue weighted by atomic mass is 32.1. The largest absolute Gasteiger partial charge is 0.427 e. The van der Waals surface area contributed by atoms with Crippen LogP contribution in [0.15, 0.2) is 5.51 Å². The summed E-state index contributed by atoms with van der Waals surface area (Å²) in [7, 11) is 2.75. The minimum Gasteiger partial charge on any atom is -0.343 e. The van der Waals surface area contributed by atoms with Crippen LogP contribution in [0.3, 0.4) is 0 Å². The van der Waals surface area contributed by atoms with Gasteiger partial charge in [0.05, 0.1) is 5.51 Å². The third-order valence-corrected chi connectivity index (χ3v) is 2.30. The number of halogens is 3. The van der Waals surface area contributed by atoms with E-state index < -0.39 is 22.7 Å². The van der Waals surface area contributed by atoms with Crippen LogP contribution >= 0.6 is 11.3 Å². The average Bonchev–Trinajstić information content (AvgIpc) is 2.48. The highest BCUT2D eigenvalue weighted by Crippen LogP contribution is 2.34. The molecule has 1 amide bonds. The highest BCUT2D eigenvalue weighted by Gasteiger charge is 2.38. The smallest absolute Gasteiger partial charge is 0.343 e. The van der Waals surface area contributed by atoms with Crippen LogP contribution in [0.1, 0.15) is 15.4 Å². The summed E-state index contributed by atoms with van der Waals surface area (Å²) in [6.45, 7) is 0. The highest BCUT2D eigenvalue weighted by molar-refractivity contribution is 7.10. The van der Waals surface area contributed by atoms with Gasteiger partial charge in [0.15, 0.2) is 5.69 Å². The van der Waals surface area contributed by atoms with Crippen molar-refractivity contribution >= 4 is 17.2 Å². The third kappa shape index (κ3) is 2.03. The van der Waals surface area contributed by atoms with Crippen LogP contribution in [-0.4, -0.2) is 29.9 Å². The Morgan fingerprint density at radius 3 is 2.50 bits per heavy atom. The molecule has 3 nitrogen and oxygen atoms in total. The molecule has 1 rings (SSSR count). The zero-order valence-corrected chi connectivity index (χ0v) is 8.24. The van der Waals surface area contributed by atoms with Gasteiger partial charge < -0.3 is 4.90 Å². The lowest BCUT2D eigenvalue weighted by molar-refractivity contribution is -0.134. The summed E-state index contributed by atoms with van der Waals surface area (Å²) in [5.41, 5.74) is 0.479. The first-order valence-corrected chi connectivity index (χ1v) is 4.44. The molecule has 0 aromatic carbocycles. The first-order chi connectivity index (χ1) is 6.34. The molecule has 0 bridgehead atoms. The molecule has 0 radical (unpaired) electrons. The van der Waals surface area contributed by atoms with E-state index in [1.807, 2.05) is 0 Å². The van der Waals surface area contributed by atoms with Gasteiger partial charge >= 0.3 is 6.18 Å². The van der Waals surface area contributed by atoms with Crippen molar-refractivity contribution in [3.63, 3.8) is 0 Å². The van der Waals surface area contributed by atoms with E-state index in [0.29, 0.717) is 11.3 Å². The van der Waals surface area contributed by atoms with Crippen molar-refractivity contribution in [2.24, 2.45) is 0 Å². The van der Waals surface area contributed by atoms with Crippen LogP contribution in [0, 0.1) is 0 Å². The minimum atomic E-state index is -4.51. The summed E-state index contributed by atoms with van der Waals surface area (Å²) in [5, 5.41) is 0. The molecule has 0 aliphatic carbocycles. The standard InChI is InChI=1S/C7H7F3N2OS/c1-12(2)6(13)4-5(7(8,9)10)14-3-11-4/h3H,1-2H3. The molecule has 0 saturated heterocycles. The van der Waals surface area contributed by atoms with E-state index >= 15 is 0 Å². The van der Waals surface area contributed by atoms with Gasteiger partial charge in [0.2, 0.25) is 0 Å². The van der Waals surface area contributed by atoms with Crippen molar-refractivity contribution in [1.82, 2.24) is 9.88 Å². The van der Waals surface area contributed by atoms with Gasteiger partial charge in [0.1, 0.15) is 4.88 Å². The Balaban J connectivity index is 3.12. The molecule has 0 atom stereocenters. The predicted molar refractivity (Wildman–Crippen MR) is 45.1 cm³/mol. The number of hydrogen-bond acceptors (Lipinski definition) is 3. The van der Waals surface area contributed by atoms with Gasteiger partial charge in [-0.2, -0.15) is 13.2 Å². The molecule has 1 aromatic rings. The lowest BCUT2D eigenvalue weighted by Crippen LogP contribution is -2.24. The SMILES string of the molecule is CN(C)C(=O)c1ncsc1C(F)(F)F. The van der Waals surface area contributed by atoms with E-state index in [1.54, 1.807) is 0 Å². The predicted octanol–water partition coefficient (Wildman–Crippen LogP) is 1.86. The zero-order chi connectivity index (χ0) is 10.9. The summed E-state index contributed by atoms with van der Waals surface area (Å²) in [6.07, 6.45) is -4.51. The molecule has 1 heterocycles. The molecule has 0 aliphatic rings. The van der Waals surface area contributed by atoms with Gasteiger partial charge in [0.25, 0.3) is 5.91 Å². The quantitative estimate of drug-likeness (QED) is 0.729. The van der Waals surface area contributed by atoms with Gasteiger partial charge in [-0.1, -0.05) is 0 Å². The number of carbonyl (C=O) groups excluding carboxylic acids is 1. The van der Waals surface area contributed by atoms with E-state index in [4.69, 9.17) is 0 Å². The molecule has 0 N–H and O–H groups in total. The van der Waals surface area contributed by atoms with E-state index in [0.717, 1.165) is 10.4 Å². The fourth-order valence-electron chi connectivity index (χ4n) is 0.811. The summed E-state index contributed by atoms with van der Waals surface area (Å²) < 4.78 is 36.9. The molecule has 14 heavy (non-hydrogen) atoms. The third-order valence-electron chi connectivity index (χ3n) is 1.43. The number of alkyl halides is 3. The van der Waals surface area contributed by atoms with Crippen LogP contribution in [0.5, 0.6) is 0 Å². The molecule has 0 aliphatic heterocycles. The molecule has 0 saturated carbocycles. The Hall–Kier alpha value is -1.11. The fraction of sp³-hybridized carbons (Fsp3) is 0.429. The lowest BCUT2D eigenvalue weighted by atomic mass is 10.3. The first-order valence-electron chi connectivity index (χ1n) is 3.56. The van der Waals surface area contributed by atoms with Crippen LogP contribution in [0.2, 0.25) is 0 Å². The molecular weight excluding hydrogens is 217 g/mol. The number of rotatable bonds is 1. The summed E-state index contributed by atoms with van der Waals surface area (Å²) in [4.78, 5) is 14.8. The second-order valence-electron chi connectivity index (χ2n) is 2.73. The summed E-state index contributed by atoms with van der Waals surface area (Å²) in [5.74, 6) is -0.737. The molecule has 7 heteroatoms. The lowest BCUT2D eigenvalue weighted by Gasteiger charge is -2.10. The van der Waals surface area contributed by atoms with Crippen LogP contribution in [0.25, 0.3) is 0 Å². The fourth-order valence-corrected chi connectivity index (χ4v) is 1.46. The second-order valence-corrected chi connectivity index (χ2v) is 3.58. The minimum absolute atomic E-state index is 0.419. The molecule has 0 unspecified atom stereocenters. The maximum absolute atomic E-state index is 12.3. The van der Waals surface area contributed by atoms with Gasteiger partial charge in [-0.25, -0.2) is 4.98 Å². The number of aromatic nitrogens is 1. The normalized spacial score (nSPS) is 11.5. The van der Waals surface area contributed by atoms with E-state index in [9.17, 15) is 18.0 Å². The molecule has 0 spiro atoms. The Morgan fingerprint density at radius 2 is 2.07 bits per heavy atom. The van der Waals surface area contributed by atoms with Crippen LogP contribution in [0.4, 0.5) is 13.2 Å². The van der Waals surface area contributed by atoms with Gasteiger partial charge in [0, 0.05) is 14.1 Å². The molecule has 78 valence electrons. The molecule has 0 fully saturated rings. The Labute approximate surface area is 82.2 Å². The van der Waals surface area contributed by atoms with E-state index in [1.165, 1.54) is 14.1 Å². The van der Waals surface area contributed by atoms with Gasteiger partial charge in [-0.3, -0.25) is 4.79 Å². The Bertz CT molecular complexity index is 345. The monoisotopic (exact) mass is 224 g/mol. The summed E-state index contributed by atoms with van der Waals surface area (Å²) >= 11 is 0.419. The maximum Gasteiger partial charge on any atom is 0.427 e. The number of amides is 1. The van der Waals surface area contributed by atoms with Crippen molar-refractivity contribution in [3.05, 3.63) is 16.1 Å². The van der Waals surface area contributed by atoms with E-state index in [-0.39, 0.29) is 0 Å². The number of thiazole rings is 1. The number of nitrogens with zero attached hydrogens (tertiary/aromatic N) is 2. The topological polar surface area (TPSA) is 33.2 Å². The van der Waals surface area contributed by atoms with Crippen molar-refractivity contribution in [3.8, 4) is 0 Å². The van der Waals surface area contributed by atoms with Crippen molar-refractivity contribution < 1.29 is 18.0 Å². The van der Waals surface area contributed by atoms with E-state index in [2.05, 4.69) is 4.98 Å². The number of carbonyl (C=O) groups is 1. The average molecular weight is 224 g/mol. The molecule has 1 aromatic heterocycles. The van der Waals surface area contributed by atoms with Gasteiger partial charge in [-0.05, 0) is 0 Å². The van der Waals surface area contributed by atoms with Crippen molar-refractivity contribution in [2.45, 2.75) is 6.18 Å². The Morgan fingerprint density at radius 1 is 1.50 bits per heavy atom. The van der Waals surface area contributed by atoms with Gasteiger partial charge in [-0.15, -0.1) is 11.3 Å². The van der Waals surface area contributed by atoms with Crippen LogP contribution < -0.4 is 0 Å². The number of hydrogen-bond donors (Lipinski definition) is 0.